The minimum absolute atomic E-state index is 0.0421. The van der Waals surface area contributed by atoms with Crippen LogP contribution in [0.5, 0.6) is 0 Å². The van der Waals surface area contributed by atoms with E-state index in [4.69, 9.17) is 5.73 Å². The molecule has 2 nitrogen and oxygen atoms in total. The number of hydrogen-bond donors (Lipinski definition) is 1. The van der Waals surface area contributed by atoms with Crippen LogP contribution in [-0.2, 0) is 0 Å². The van der Waals surface area contributed by atoms with Crippen LogP contribution in [0, 0.1) is 6.92 Å². The third-order valence-electron chi connectivity index (χ3n) is 2.50. The topological polar surface area (TPSA) is 38.9 Å². The quantitative estimate of drug-likeness (QED) is 0.897. The fourth-order valence-corrected chi connectivity index (χ4v) is 2.40. The van der Waals surface area contributed by atoms with Crippen molar-refractivity contribution in [3.8, 4) is 0 Å². The summed E-state index contributed by atoms with van der Waals surface area (Å²) in [4.78, 5) is 5.62. The van der Waals surface area contributed by atoms with Crippen molar-refractivity contribution < 1.29 is 0 Å². The van der Waals surface area contributed by atoms with E-state index in [9.17, 15) is 0 Å². The summed E-state index contributed by atoms with van der Waals surface area (Å²) in [5.41, 5.74) is 8.12. The Hall–Kier alpha value is -1.32. The van der Waals surface area contributed by atoms with E-state index in [2.05, 4.69) is 36.2 Å². The molecule has 0 bridgehead atoms. The molecule has 1 heterocycles. The first-order chi connectivity index (χ1) is 8.15. The van der Waals surface area contributed by atoms with Crippen LogP contribution in [0.2, 0.25) is 0 Å². The third-order valence-corrected chi connectivity index (χ3v) is 3.44. The fourth-order valence-electron chi connectivity index (χ4n) is 1.52. The Labute approximate surface area is 106 Å². The van der Waals surface area contributed by atoms with Gasteiger partial charge in [0.2, 0.25) is 0 Å². The molecule has 0 spiro atoms. The maximum atomic E-state index is 5.79. The van der Waals surface area contributed by atoms with Crippen LogP contribution in [0.25, 0.3) is 0 Å². The summed E-state index contributed by atoms with van der Waals surface area (Å²) in [5, 5.41) is 1.00. The Bertz CT molecular complexity index is 492. The lowest BCUT2D eigenvalue weighted by Gasteiger charge is -2.06. The Morgan fingerprint density at radius 1 is 1.24 bits per heavy atom. The molecule has 17 heavy (non-hydrogen) atoms. The van der Waals surface area contributed by atoms with Gasteiger partial charge in [0.25, 0.3) is 0 Å². The average Bonchev–Trinajstić information content (AvgIpc) is 2.29. The highest BCUT2D eigenvalue weighted by molar-refractivity contribution is 7.99. The summed E-state index contributed by atoms with van der Waals surface area (Å²) in [5.74, 6) is 0. The largest absolute Gasteiger partial charge is 0.324 e. The minimum atomic E-state index is 0.0421. The van der Waals surface area contributed by atoms with Gasteiger partial charge in [0, 0.05) is 17.1 Å². The molecule has 2 rings (SSSR count). The summed E-state index contributed by atoms with van der Waals surface area (Å²) in [6.45, 7) is 4.06. The molecule has 0 aliphatic heterocycles. The van der Waals surface area contributed by atoms with Gasteiger partial charge >= 0.3 is 0 Å². The lowest BCUT2D eigenvalue weighted by molar-refractivity contribution is 0.806. The predicted octanol–water partition coefficient (Wildman–Crippen LogP) is 3.56. The van der Waals surface area contributed by atoms with Crippen LogP contribution >= 0.6 is 11.8 Å². The molecule has 2 aromatic rings. The van der Waals surface area contributed by atoms with Crippen LogP contribution in [0.1, 0.15) is 24.1 Å². The summed E-state index contributed by atoms with van der Waals surface area (Å²) in [7, 11) is 0. The zero-order valence-electron chi connectivity index (χ0n) is 10.1. The number of aromatic nitrogens is 1. The second-order valence-corrected chi connectivity index (χ2v) is 5.23. The van der Waals surface area contributed by atoms with Crippen molar-refractivity contribution >= 4 is 11.8 Å². The van der Waals surface area contributed by atoms with Gasteiger partial charge in [0.05, 0.1) is 0 Å². The van der Waals surface area contributed by atoms with Crippen molar-refractivity contribution in [2.75, 3.05) is 0 Å². The highest BCUT2D eigenvalue weighted by Crippen LogP contribution is 2.26. The minimum Gasteiger partial charge on any atom is -0.324 e. The number of pyridine rings is 1. The van der Waals surface area contributed by atoms with Gasteiger partial charge in [-0.2, -0.15) is 0 Å². The van der Waals surface area contributed by atoms with Gasteiger partial charge in [-0.05, 0) is 37.6 Å². The maximum Gasteiger partial charge on any atom is 0.101 e. The van der Waals surface area contributed by atoms with Gasteiger partial charge in [-0.3, -0.25) is 0 Å². The zero-order valence-corrected chi connectivity index (χ0v) is 10.9. The molecule has 0 aliphatic carbocycles. The second kappa shape index (κ2) is 5.34. The van der Waals surface area contributed by atoms with E-state index in [1.165, 1.54) is 10.5 Å². The van der Waals surface area contributed by atoms with Crippen LogP contribution in [0.3, 0.4) is 0 Å². The van der Waals surface area contributed by atoms with E-state index in [-0.39, 0.29) is 6.04 Å². The number of nitrogens with zero attached hydrogens (tertiary/aromatic N) is 1. The molecule has 0 aliphatic rings. The van der Waals surface area contributed by atoms with Gasteiger partial charge in [-0.25, -0.2) is 4.98 Å². The molecule has 0 unspecified atom stereocenters. The van der Waals surface area contributed by atoms with Gasteiger partial charge in [0.1, 0.15) is 5.03 Å². The van der Waals surface area contributed by atoms with E-state index < -0.39 is 0 Å². The number of rotatable bonds is 3. The van der Waals surface area contributed by atoms with E-state index in [1.54, 1.807) is 11.8 Å². The monoisotopic (exact) mass is 244 g/mol. The molecule has 1 aromatic carbocycles. The summed E-state index contributed by atoms with van der Waals surface area (Å²) in [6, 6.07) is 12.5. The normalized spacial score (nSPS) is 12.4. The Morgan fingerprint density at radius 3 is 2.65 bits per heavy atom. The van der Waals surface area contributed by atoms with Gasteiger partial charge < -0.3 is 5.73 Å². The molecule has 1 aromatic heterocycles. The zero-order chi connectivity index (χ0) is 12.3. The molecule has 3 heteroatoms. The molecule has 0 fully saturated rings. The third kappa shape index (κ3) is 3.32. The van der Waals surface area contributed by atoms with Crippen molar-refractivity contribution in [1.82, 2.24) is 4.98 Å². The Balaban J connectivity index is 2.14. The standard InChI is InChI=1S/C14H16N2S/c1-10-4-3-5-13(8-10)17-14-7-6-12(9-16-14)11(2)15/h3-9,11H,15H2,1-2H3/t11-/m0/s1. The highest BCUT2D eigenvalue weighted by Gasteiger charge is 2.02. The molecule has 0 saturated heterocycles. The first-order valence-electron chi connectivity index (χ1n) is 5.61. The lowest BCUT2D eigenvalue weighted by atomic mass is 10.2. The average molecular weight is 244 g/mol. The fraction of sp³-hybridized carbons (Fsp3) is 0.214. The molecular formula is C14H16N2S. The number of hydrogen-bond acceptors (Lipinski definition) is 3. The Kier molecular flexibility index (Phi) is 3.82. The van der Waals surface area contributed by atoms with Crippen LogP contribution < -0.4 is 5.73 Å². The molecule has 0 amide bonds. The van der Waals surface area contributed by atoms with Gasteiger partial charge in [-0.1, -0.05) is 35.5 Å². The number of aryl methyl sites for hydroxylation is 1. The van der Waals surface area contributed by atoms with E-state index in [0.717, 1.165) is 10.6 Å². The van der Waals surface area contributed by atoms with Crippen molar-refractivity contribution in [2.45, 2.75) is 29.8 Å². The smallest absolute Gasteiger partial charge is 0.101 e. The summed E-state index contributed by atoms with van der Waals surface area (Å²) in [6.07, 6.45) is 1.85. The van der Waals surface area contributed by atoms with Crippen LogP contribution in [0.15, 0.2) is 52.5 Å². The first kappa shape index (κ1) is 12.1. The molecule has 88 valence electrons. The van der Waals surface area contributed by atoms with Crippen LogP contribution in [-0.4, -0.2) is 4.98 Å². The molecule has 2 N–H and O–H groups in total. The number of nitrogens with two attached hydrogens (primary N) is 1. The van der Waals surface area contributed by atoms with E-state index in [1.807, 2.05) is 25.3 Å². The number of benzene rings is 1. The van der Waals surface area contributed by atoms with Crippen molar-refractivity contribution in [3.05, 3.63) is 53.7 Å². The summed E-state index contributed by atoms with van der Waals surface area (Å²) < 4.78 is 0. The maximum absolute atomic E-state index is 5.79. The molecular weight excluding hydrogens is 228 g/mol. The van der Waals surface area contributed by atoms with Crippen molar-refractivity contribution in [3.63, 3.8) is 0 Å². The van der Waals surface area contributed by atoms with Gasteiger partial charge in [0.15, 0.2) is 0 Å². The first-order valence-corrected chi connectivity index (χ1v) is 6.43. The lowest BCUT2D eigenvalue weighted by Crippen LogP contribution is -2.04. The van der Waals surface area contributed by atoms with Gasteiger partial charge in [-0.15, -0.1) is 0 Å². The van der Waals surface area contributed by atoms with E-state index >= 15 is 0 Å². The van der Waals surface area contributed by atoms with Crippen LogP contribution in [0.4, 0.5) is 0 Å². The predicted molar refractivity (Wildman–Crippen MR) is 72.1 cm³/mol. The Morgan fingerprint density at radius 2 is 2.06 bits per heavy atom. The van der Waals surface area contributed by atoms with Crippen molar-refractivity contribution in [1.29, 1.82) is 0 Å². The second-order valence-electron chi connectivity index (χ2n) is 4.14. The summed E-state index contributed by atoms with van der Waals surface area (Å²) >= 11 is 1.67. The molecule has 0 radical (unpaired) electrons. The highest BCUT2D eigenvalue weighted by atomic mass is 32.2. The molecule has 1 atom stereocenters. The van der Waals surface area contributed by atoms with Crippen molar-refractivity contribution in [2.24, 2.45) is 5.73 Å². The van der Waals surface area contributed by atoms with E-state index in [0.29, 0.717) is 0 Å². The SMILES string of the molecule is Cc1cccc(Sc2ccc([C@H](C)N)cn2)c1. The molecule has 0 saturated carbocycles.